The molecule has 2 fully saturated rings. The summed E-state index contributed by atoms with van der Waals surface area (Å²) in [6.45, 7) is 7.62. The maximum Gasteiger partial charge on any atom is 0.251 e. The van der Waals surface area contributed by atoms with Gasteiger partial charge in [-0.05, 0) is 74.1 Å². The molecule has 1 N–H and O–H groups in total. The maximum atomic E-state index is 13.1. The Morgan fingerprint density at radius 2 is 1.44 bits per heavy atom. The number of aryl methyl sites for hydroxylation is 1. The number of piperidine rings is 2. The van der Waals surface area contributed by atoms with Gasteiger partial charge >= 0.3 is 0 Å². The highest BCUT2D eigenvalue weighted by molar-refractivity contribution is 6.32. The molecule has 1 amide bonds. The van der Waals surface area contributed by atoms with Gasteiger partial charge in [-0.1, -0.05) is 53.6 Å². The van der Waals surface area contributed by atoms with Gasteiger partial charge in [-0.3, -0.25) is 14.6 Å². The van der Waals surface area contributed by atoms with E-state index in [1.807, 2.05) is 18.2 Å². The highest BCUT2D eigenvalue weighted by atomic mass is 35.5. The Bertz CT molecular complexity index is 1240. The number of hydrogen-bond acceptors (Lipinski definition) is 4. The lowest BCUT2D eigenvalue weighted by molar-refractivity contribution is 0.0908. The minimum Gasteiger partial charge on any atom is -0.489 e. The SMILES string of the molecule is Cc1ccc(CN2CCC(Oc3ccc(C(=O)NC4CCN(Cc5ccc(F)cc5)CC4)cc3Cl)CC2)cc1. The molecule has 2 aliphatic rings. The van der Waals surface area contributed by atoms with E-state index in [0.29, 0.717) is 16.3 Å². The highest BCUT2D eigenvalue weighted by Crippen LogP contribution is 2.29. The lowest BCUT2D eigenvalue weighted by atomic mass is 10.0. The average molecular weight is 550 g/mol. The number of halogens is 2. The molecule has 0 atom stereocenters. The number of nitrogens with one attached hydrogen (secondary N) is 1. The second-order valence-corrected chi connectivity index (χ2v) is 11.3. The number of ether oxygens (including phenoxy) is 1. The molecule has 0 unspecified atom stereocenters. The molecule has 0 saturated carbocycles. The zero-order valence-electron chi connectivity index (χ0n) is 22.5. The summed E-state index contributed by atoms with van der Waals surface area (Å²) in [4.78, 5) is 17.7. The zero-order valence-corrected chi connectivity index (χ0v) is 23.3. The molecule has 2 aliphatic heterocycles. The van der Waals surface area contributed by atoms with Crippen molar-refractivity contribution in [2.75, 3.05) is 26.2 Å². The van der Waals surface area contributed by atoms with E-state index in [2.05, 4.69) is 46.3 Å². The molecular weight excluding hydrogens is 513 g/mol. The number of carbonyl (C=O) groups excluding carboxylic acids is 1. The largest absolute Gasteiger partial charge is 0.489 e. The lowest BCUT2D eigenvalue weighted by Gasteiger charge is -2.32. The Balaban J connectivity index is 1.05. The topological polar surface area (TPSA) is 44.8 Å². The molecule has 5 nitrogen and oxygen atoms in total. The van der Waals surface area contributed by atoms with E-state index in [1.54, 1.807) is 12.1 Å². The Kier molecular flexibility index (Phi) is 9.17. The van der Waals surface area contributed by atoms with Gasteiger partial charge in [0.25, 0.3) is 5.91 Å². The van der Waals surface area contributed by atoms with Crippen molar-refractivity contribution in [2.45, 2.75) is 57.8 Å². The number of hydrogen-bond donors (Lipinski definition) is 1. The quantitative estimate of drug-likeness (QED) is 0.362. The van der Waals surface area contributed by atoms with Crippen LogP contribution in [0.5, 0.6) is 5.75 Å². The van der Waals surface area contributed by atoms with Gasteiger partial charge in [-0.15, -0.1) is 0 Å². The smallest absolute Gasteiger partial charge is 0.251 e. The fourth-order valence-corrected chi connectivity index (χ4v) is 5.63. The summed E-state index contributed by atoms with van der Waals surface area (Å²) in [5.41, 5.74) is 4.27. The highest BCUT2D eigenvalue weighted by Gasteiger charge is 2.24. The summed E-state index contributed by atoms with van der Waals surface area (Å²) in [5, 5.41) is 3.63. The van der Waals surface area contributed by atoms with Crippen LogP contribution in [0.2, 0.25) is 5.02 Å². The van der Waals surface area contributed by atoms with E-state index in [0.717, 1.165) is 70.5 Å². The summed E-state index contributed by atoms with van der Waals surface area (Å²) in [5.74, 6) is 0.318. The number of likely N-dealkylation sites (tertiary alicyclic amines) is 2. The van der Waals surface area contributed by atoms with Gasteiger partial charge in [0.1, 0.15) is 17.7 Å². The second-order valence-electron chi connectivity index (χ2n) is 10.9. The lowest BCUT2D eigenvalue weighted by Crippen LogP contribution is -2.44. The number of nitrogens with zero attached hydrogens (tertiary/aromatic N) is 2. The van der Waals surface area contributed by atoms with Crippen LogP contribution in [-0.4, -0.2) is 54.0 Å². The Hall–Kier alpha value is -2.93. The van der Waals surface area contributed by atoms with E-state index < -0.39 is 0 Å². The number of carbonyl (C=O) groups is 1. The third-order valence-electron chi connectivity index (χ3n) is 7.79. The molecule has 2 heterocycles. The van der Waals surface area contributed by atoms with Crippen molar-refractivity contribution in [3.05, 3.63) is 99.8 Å². The first-order valence-corrected chi connectivity index (χ1v) is 14.3. The third-order valence-corrected chi connectivity index (χ3v) is 8.09. The first kappa shape index (κ1) is 27.6. The Morgan fingerprint density at radius 1 is 0.872 bits per heavy atom. The van der Waals surface area contributed by atoms with Crippen LogP contribution < -0.4 is 10.1 Å². The van der Waals surface area contributed by atoms with Gasteiger partial charge < -0.3 is 10.1 Å². The van der Waals surface area contributed by atoms with Crippen molar-refractivity contribution in [1.29, 1.82) is 0 Å². The molecule has 0 radical (unpaired) electrons. The second kappa shape index (κ2) is 12.9. The van der Waals surface area contributed by atoms with E-state index in [1.165, 1.54) is 23.3 Å². The molecule has 5 rings (SSSR count). The standard InChI is InChI=1S/C32H37ClFN3O2/c1-23-2-4-24(5-3-23)21-37-18-14-29(15-19-37)39-31-11-8-26(20-30(31)33)32(38)35-28-12-16-36(17-13-28)22-25-6-9-27(34)10-7-25/h2-11,20,28-29H,12-19,21-22H2,1H3,(H,35,38). The molecular formula is C32H37ClFN3O2. The Labute approximate surface area is 235 Å². The molecule has 206 valence electrons. The molecule has 39 heavy (non-hydrogen) atoms. The van der Waals surface area contributed by atoms with Crippen molar-refractivity contribution >= 4 is 17.5 Å². The van der Waals surface area contributed by atoms with Crippen LogP contribution in [0.15, 0.2) is 66.7 Å². The summed E-state index contributed by atoms with van der Waals surface area (Å²) in [6.07, 6.45) is 3.78. The van der Waals surface area contributed by atoms with Crippen LogP contribution in [0.3, 0.4) is 0 Å². The van der Waals surface area contributed by atoms with Gasteiger partial charge in [0.05, 0.1) is 5.02 Å². The molecule has 0 aliphatic carbocycles. The minimum absolute atomic E-state index is 0.107. The molecule has 7 heteroatoms. The normalized spacial score (nSPS) is 17.7. The summed E-state index contributed by atoms with van der Waals surface area (Å²) in [6, 6.07) is 20.8. The van der Waals surface area contributed by atoms with Crippen LogP contribution in [0.1, 0.15) is 52.7 Å². The van der Waals surface area contributed by atoms with Crippen molar-refractivity contribution in [3.8, 4) is 5.75 Å². The van der Waals surface area contributed by atoms with Crippen LogP contribution >= 0.6 is 11.6 Å². The van der Waals surface area contributed by atoms with E-state index in [4.69, 9.17) is 16.3 Å². The molecule has 2 saturated heterocycles. The Morgan fingerprint density at radius 3 is 2.03 bits per heavy atom. The monoisotopic (exact) mass is 549 g/mol. The summed E-state index contributed by atoms with van der Waals surface area (Å²) >= 11 is 6.54. The summed E-state index contributed by atoms with van der Waals surface area (Å²) in [7, 11) is 0. The minimum atomic E-state index is -0.213. The predicted octanol–water partition coefficient (Wildman–Crippen LogP) is 6.23. The van der Waals surface area contributed by atoms with E-state index >= 15 is 0 Å². The number of benzene rings is 3. The molecule has 0 bridgehead atoms. The first-order chi connectivity index (χ1) is 18.9. The summed E-state index contributed by atoms with van der Waals surface area (Å²) < 4.78 is 19.4. The molecule has 0 aromatic heterocycles. The van der Waals surface area contributed by atoms with Crippen LogP contribution in [0.25, 0.3) is 0 Å². The van der Waals surface area contributed by atoms with Crippen LogP contribution in [-0.2, 0) is 13.1 Å². The fourth-order valence-electron chi connectivity index (χ4n) is 5.41. The van der Waals surface area contributed by atoms with Gasteiger partial charge in [0.15, 0.2) is 0 Å². The predicted molar refractivity (Wildman–Crippen MR) is 154 cm³/mol. The van der Waals surface area contributed by atoms with Crippen LogP contribution in [0, 0.1) is 12.7 Å². The van der Waals surface area contributed by atoms with Crippen molar-refractivity contribution < 1.29 is 13.9 Å². The van der Waals surface area contributed by atoms with Gasteiger partial charge in [-0.2, -0.15) is 0 Å². The average Bonchev–Trinajstić information content (AvgIpc) is 2.94. The van der Waals surface area contributed by atoms with Crippen molar-refractivity contribution in [1.82, 2.24) is 15.1 Å². The molecule has 3 aromatic rings. The zero-order chi connectivity index (χ0) is 27.2. The van der Waals surface area contributed by atoms with E-state index in [-0.39, 0.29) is 23.9 Å². The van der Waals surface area contributed by atoms with Crippen molar-refractivity contribution in [2.24, 2.45) is 0 Å². The van der Waals surface area contributed by atoms with Gasteiger partial charge in [-0.25, -0.2) is 4.39 Å². The van der Waals surface area contributed by atoms with Crippen molar-refractivity contribution in [3.63, 3.8) is 0 Å². The van der Waals surface area contributed by atoms with E-state index in [9.17, 15) is 9.18 Å². The molecule has 0 spiro atoms. The maximum absolute atomic E-state index is 13.1. The first-order valence-electron chi connectivity index (χ1n) is 13.9. The number of amides is 1. The van der Waals surface area contributed by atoms with Gasteiger partial charge in [0, 0.05) is 50.9 Å². The molecule has 3 aromatic carbocycles. The van der Waals surface area contributed by atoms with Gasteiger partial charge in [0.2, 0.25) is 0 Å². The number of rotatable bonds is 8. The fraction of sp³-hybridized carbons (Fsp3) is 0.406. The van der Waals surface area contributed by atoms with Crippen LogP contribution in [0.4, 0.5) is 4.39 Å². The third kappa shape index (κ3) is 7.81.